The van der Waals surface area contributed by atoms with Crippen molar-refractivity contribution in [2.45, 2.75) is 52.4 Å². The Kier molecular flexibility index (Phi) is 3.85. The first kappa shape index (κ1) is 16.1. The Morgan fingerprint density at radius 1 is 0.923 bits per heavy atom. The highest BCUT2D eigenvalue weighted by molar-refractivity contribution is 5.95. The molecular weight excluding hydrogens is 314 g/mol. The van der Waals surface area contributed by atoms with E-state index in [0.29, 0.717) is 0 Å². The van der Waals surface area contributed by atoms with Crippen molar-refractivity contribution in [3.63, 3.8) is 0 Å². The molecular formula is C25H27N. The van der Waals surface area contributed by atoms with E-state index in [1.54, 1.807) is 0 Å². The van der Waals surface area contributed by atoms with Gasteiger partial charge in [-0.05, 0) is 91.3 Å². The smallest absolute Gasteiger partial charge is 0.0780 e. The van der Waals surface area contributed by atoms with Gasteiger partial charge in [-0.15, -0.1) is 0 Å². The molecule has 1 heterocycles. The molecule has 0 N–H and O–H groups in total. The van der Waals surface area contributed by atoms with Crippen molar-refractivity contribution in [1.29, 1.82) is 0 Å². The summed E-state index contributed by atoms with van der Waals surface area (Å²) in [5, 5.41) is 2.63. The third-order valence-corrected chi connectivity index (χ3v) is 6.56. The number of fused-ring (bicyclic) bond motifs is 6. The van der Waals surface area contributed by atoms with Gasteiger partial charge in [0.25, 0.3) is 0 Å². The molecule has 0 radical (unpaired) electrons. The van der Waals surface area contributed by atoms with Gasteiger partial charge in [0.05, 0.1) is 5.69 Å². The predicted molar refractivity (Wildman–Crippen MR) is 110 cm³/mol. The molecule has 2 atom stereocenters. The Morgan fingerprint density at radius 2 is 1.77 bits per heavy atom. The maximum absolute atomic E-state index is 4.81. The Balaban J connectivity index is 1.78. The number of aromatic nitrogens is 1. The van der Waals surface area contributed by atoms with Gasteiger partial charge in [-0.3, -0.25) is 4.98 Å². The van der Waals surface area contributed by atoms with Gasteiger partial charge in [0.1, 0.15) is 0 Å². The summed E-state index contributed by atoms with van der Waals surface area (Å²) < 4.78 is 0. The first-order valence-corrected chi connectivity index (χ1v) is 10.1. The highest BCUT2D eigenvalue weighted by Crippen LogP contribution is 2.37. The van der Waals surface area contributed by atoms with Crippen molar-refractivity contribution < 1.29 is 0 Å². The number of hydrogen-bond donors (Lipinski definition) is 0. The minimum atomic E-state index is 0.841. The standard InChI is InChI=1S/C25H27N/c1-16-8-20-12-18-4-3-5-19(11-18)13-22-15-24-21(10-17(22)2)6-7-26-25(24)23(9-16)14-20/h6-10,14-15,18-19H,3-5,11-13H2,1-2H3. The van der Waals surface area contributed by atoms with Crippen LogP contribution in [0.4, 0.5) is 0 Å². The molecule has 2 aliphatic rings. The lowest BCUT2D eigenvalue weighted by atomic mass is 9.75. The molecule has 2 aliphatic carbocycles. The molecule has 1 aromatic heterocycles. The molecule has 3 aromatic rings. The van der Waals surface area contributed by atoms with E-state index in [4.69, 9.17) is 4.98 Å². The highest BCUT2D eigenvalue weighted by Gasteiger charge is 2.24. The van der Waals surface area contributed by atoms with E-state index in [0.717, 1.165) is 17.5 Å². The lowest BCUT2D eigenvalue weighted by molar-refractivity contribution is 0.264. The second kappa shape index (κ2) is 6.23. The van der Waals surface area contributed by atoms with Gasteiger partial charge in [0.15, 0.2) is 0 Å². The van der Waals surface area contributed by atoms with Crippen LogP contribution in [0, 0.1) is 25.7 Å². The largest absolute Gasteiger partial charge is 0.256 e. The average Bonchev–Trinajstić information content (AvgIpc) is 2.61. The maximum Gasteiger partial charge on any atom is 0.0780 e. The normalized spacial score (nSPS) is 22.1. The van der Waals surface area contributed by atoms with Crippen molar-refractivity contribution in [1.82, 2.24) is 4.98 Å². The molecule has 0 amide bonds. The molecule has 2 aromatic carbocycles. The Bertz CT molecular complexity index is 985. The summed E-state index contributed by atoms with van der Waals surface area (Å²) in [5.74, 6) is 1.68. The van der Waals surface area contributed by atoms with Crippen LogP contribution in [0.3, 0.4) is 0 Å². The Morgan fingerprint density at radius 3 is 2.65 bits per heavy atom. The maximum atomic E-state index is 4.81. The van der Waals surface area contributed by atoms with E-state index in [1.165, 1.54) is 77.1 Å². The van der Waals surface area contributed by atoms with E-state index in [-0.39, 0.29) is 0 Å². The molecule has 0 spiro atoms. The topological polar surface area (TPSA) is 12.9 Å². The van der Waals surface area contributed by atoms with Crippen LogP contribution >= 0.6 is 0 Å². The fourth-order valence-corrected chi connectivity index (χ4v) is 5.36. The Labute approximate surface area is 156 Å². The zero-order valence-electron chi connectivity index (χ0n) is 15.9. The third kappa shape index (κ3) is 2.84. The quantitative estimate of drug-likeness (QED) is 0.459. The van der Waals surface area contributed by atoms with E-state index in [2.05, 4.69) is 50.2 Å². The van der Waals surface area contributed by atoms with Crippen LogP contribution < -0.4 is 0 Å². The SMILES string of the molecule is Cc1cc2cc(c1)-c1nccc3cc(C)c(cc13)CC1CCCC(C2)C1. The van der Waals surface area contributed by atoms with Crippen LogP contribution in [0.25, 0.3) is 22.0 Å². The lowest BCUT2D eigenvalue weighted by Gasteiger charge is -2.30. The molecule has 0 saturated heterocycles. The highest BCUT2D eigenvalue weighted by atomic mass is 14.7. The second-order valence-electron chi connectivity index (χ2n) is 8.67. The molecule has 1 heteroatoms. The molecule has 1 fully saturated rings. The number of rotatable bonds is 0. The van der Waals surface area contributed by atoms with Gasteiger partial charge >= 0.3 is 0 Å². The van der Waals surface area contributed by atoms with Crippen molar-refractivity contribution in [3.8, 4) is 11.3 Å². The van der Waals surface area contributed by atoms with Gasteiger partial charge in [-0.2, -0.15) is 0 Å². The molecule has 5 rings (SSSR count). The number of pyridine rings is 1. The monoisotopic (exact) mass is 341 g/mol. The van der Waals surface area contributed by atoms with E-state index in [9.17, 15) is 0 Å². The minimum absolute atomic E-state index is 0.841. The number of nitrogens with zero attached hydrogens (tertiary/aromatic N) is 1. The van der Waals surface area contributed by atoms with E-state index in [1.807, 2.05) is 6.20 Å². The molecule has 26 heavy (non-hydrogen) atoms. The summed E-state index contributed by atoms with van der Waals surface area (Å²) >= 11 is 0. The van der Waals surface area contributed by atoms with Crippen LogP contribution in [0.15, 0.2) is 42.6 Å². The van der Waals surface area contributed by atoms with Gasteiger partial charge in [0, 0.05) is 17.1 Å². The summed E-state index contributed by atoms with van der Waals surface area (Å²) in [6.45, 7) is 4.51. The van der Waals surface area contributed by atoms with Gasteiger partial charge in [-0.25, -0.2) is 0 Å². The lowest BCUT2D eigenvalue weighted by Crippen LogP contribution is -2.19. The Hall–Kier alpha value is -2.15. The fourth-order valence-electron chi connectivity index (χ4n) is 5.36. The van der Waals surface area contributed by atoms with Crippen LogP contribution in [0.2, 0.25) is 0 Å². The number of aryl methyl sites for hydroxylation is 2. The average molecular weight is 341 g/mol. The predicted octanol–water partition coefficient (Wildman–Crippen LogP) is 6.42. The van der Waals surface area contributed by atoms with Gasteiger partial charge < -0.3 is 0 Å². The van der Waals surface area contributed by atoms with E-state index < -0.39 is 0 Å². The molecule has 6 bridgehead atoms. The molecule has 2 unspecified atom stereocenters. The minimum Gasteiger partial charge on any atom is -0.256 e. The summed E-state index contributed by atoms with van der Waals surface area (Å²) in [5.41, 5.74) is 8.27. The first-order valence-electron chi connectivity index (χ1n) is 10.1. The van der Waals surface area contributed by atoms with Crippen LogP contribution in [0.1, 0.15) is 47.9 Å². The van der Waals surface area contributed by atoms with E-state index >= 15 is 0 Å². The molecule has 1 nitrogen and oxygen atoms in total. The fraction of sp³-hybridized carbons (Fsp3) is 0.400. The summed E-state index contributed by atoms with van der Waals surface area (Å²) in [6, 6.07) is 14.1. The zero-order valence-corrected chi connectivity index (χ0v) is 15.9. The zero-order chi connectivity index (χ0) is 17.7. The number of benzene rings is 2. The summed E-state index contributed by atoms with van der Waals surface area (Å²) in [6.07, 6.45) is 10.0. The third-order valence-electron chi connectivity index (χ3n) is 6.56. The van der Waals surface area contributed by atoms with Crippen molar-refractivity contribution in [2.75, 3.05) is 0 Å². The van der Waals surface area contributed by atoms with Crippen LogP contribution in [0.5, 0.6) is 0 Å². The second-order valence-corrected chi connectivity index (χ2v) is 8.67. The van der Waals surface area contributed by atoms with Crippen LogP contribution in [-0.2, 0) is 12.8 Å². The summed E-state index contributed by atoms with van der Waals surface area (Å²) in [7, 11) is 0. The van der Waals surface area contributed by atoms with Crippen LogP contribution in [-0.4, -0.2) is 4.98 Å². The van der Waals surface area contributed by atoms with Crippen molar-refractivity contribution >= 4 is 10.8 Å². The molecule has 0 aliphatic heterocycles. The first-order chi connectivity index (χ1) is 12.7. The molecule has 1 saturated carbocycles. The van der Waals surface area contributed by atoms with Gasteiger partial charge in [0.2, 0.25) is 0 Å². The van der Waals surface area contributed by atoms with Crippen molar-refractivity contribution in [2.24, 2.45) is 11.8 Å². The van der Waals surface area contributed by atoms with Gasteiger partial charge in [-0.1, -0.05) is 37.0 Å². The number of hydrogen-bond acceptors (Lipinski definition) is 1. The van der Waals surface area contributed by atoms with Crippen molar-refractivity contribution in [3.05, 3.63) is 64.8 Å². The molecule has 132 valence electrons. The summed E-state index contributed by atoms with van der Waals surface area (Å²) in [4.78, 5) is 4.81.